The molecule has 286 valence electrons. The Bertz CT molecular complexity index is 1540. The minimum atomic E-state index is -0.496. The summed E-state index contributed by atoms with van der Waals surface area (Å²) < 4.78 is 30.8. The van der Waals surface area contributed by atoms with Gasteiger partial charge in [-0.15, -0.1) is 0 Å². The van der Waals surface area contributed by atoms with E-state index in [2.05, 4.69) is 27.1 Å². The molecule has 2 aromatic carbocycles. The third-order valence-electron chi connectivity index (χ3n) is 9.51. The van der Waals surface area contributed by atoms with Crippen molar-refractivity contribution in [3.05, 3.63) is 47.5 Å². The van der Waals surface area contributed by atoms with E-state index < -0.39 is 5.82 Å². The molecule has 4 rings (SSSR count). The Labute approximate surface area is 313 Å². The number of rotatable bonds is 24. The summed E-state index contributed by atoms with van der Waals surface area (Å²) in [7, 11) is 1.58. The van der Waals surface area contributed by atoms with Gasteiger partial charge in [0.15, 0.2) is 11.5 Å². The molecule has 2 heterocycles. The number of unbranched alkanes of at least 4 members (excludes halogenated alkanes) is 11. The average molecular weight is 742 g/mol. The van der Waals surface area contributed by atoms with E-state index in [0.29, 0.717) is 60.2 Å². The van der Waals surface area contributed by atoms with E-state index in [1.165, 1.54) is 82.7 Å². The van der Waals surface area contributed by atoms with Crippen molar-refractivity contribution in [2.45, 2.75) is 103 Å². The van der Waals surface area contributed by atoms with Gasteiger partial charge in [0.25, 0.3) is 0 Å². The highest BCUT2D eigenvalue weighted by Crippen LogP contribution is 2.35. The molecule has 0 atom stereocenters. The van der Waals surface area contributed by atoms with Crippen molar-refractivity contribution in [3.63, 3.8) is 0 Å². The molecule has 1 aliphatic heterocycles. The quantitative estimate of drug-likeness (QED) is 0.0711. The minimum absolute atomic E-state index is 0.00839. The lowest BCUT2D eigenvalue weighted by Crippen LogP contribution is -2.49. The number of hydrogen-bond donors (Lipinski definition) is 1. The van der Waals surface area contributed by atoms with Crippen LogP contribution in [-0.2, 0) is 14.3 Å². The zero-order valence-electron chi connectivity index (χ0n) is 31.1. The number of methoxy groups -OCH3 is 1. The molecule has 3 aromatic rings. The smallest absolute Gasteiger partial charge is 0.306 e. The van der Waals surface area contributed by atoms with Crippen LogP contribution in [0.3, 0.4) is 0 Å². The van der Waals surface area contributed by atoms with E-state index in [1.54, 1.807) is 19.2 Å². The fourth-order valence-electron chi connectivity index (χ4n) is 6.41. The van der Waals surface area contributed by atoms with Crippen molar-refractivity contribution in [1.82, 2.24) is 19.8 Å². The number of fused-ring (bicyclic) bond motifs is 1. The number of anilines is 2. The van der Waals surface area contributed by atoms with Gasteiger partial charge in [0.1, 0.15) is 18.0 Å². The van der Waals surface area contributed by atoms with Crippen molar-refractivity contribution >= 4 is 45.9 Å². The molecule has 0 aliphatic carbocycles. The Morgan fingerprint density at radius 2 is 1.52 bits per heavy atom. The molecule has 1 N–H and O–H groups in total. The lowest BCUT2D eigenvalue weighted by Gasteiger charge is -2.34. The first kappa shape index (κ1) is 41.1. The number of amides is 1. The fourth-order valence-corrected chi connectivity index (χ4v) is 6.59. The van der Waals surface area contributed by atoms with Crippen LogP contribution >= 0.6 is 11.6 Å². The summed E-state index contributed by atoms with van der Waals surface area (Å²) in [4.78, 5) is 37.9. The molecule has 1 saturated heterocycles. The zero-order valence-corrected chi connectivity index (χ0v) is 31.9. The Morgan fingerprint density at radius 3 is 2.19 bits per heavy atom. The van der Waals surface area contributed by atoms with Crippen LogP contribution in [0.1, 0.15) is 103 Å². The number of carbonyl (C=O) groups is 2. The maximum absolute atomic E-state index is 13.7. The molecule has 1 fully saturated rings. The van der Waals surface area contributed by atoms with Crippen molar-refractivity contribution < 1.29 is 28.2 Å². The topological polar surface area (TPSA) is 106 Å². The molecule has 1 aliphatic rings. The first-order chi connectivity index (χ1) is 25.4. The number of halogens is 2. The van der Waals surface area contributed by atoms with Crippen LogP contribution in [0.5, 0.6) is 11.5 Å². The Hall–Kier alpha value is -3.70. The van der Waals surface area contributed by atoms with Crippen molar-refractivity contribution in [2.24, 2.45) is 0 Å². The Morgan fingerprint density at radius 1 is 0.827 bits per heavy atom. The molecular formula is C40H57ClFN5O5. The van der Waals surface area contributed by atoms with Gasteiger partial charge in [-0.05, 0) is 37.1 Å². The third kappa shape index (κ3) is 14.0. The molecule has 1 aromatic heterocycles. The zero-order chi connectivity index (χ0) is 37.0. The molecular weight excluding hydrogens is 685 g/mol. The molecule has 0 saturated carbocycles. The number of carbonyl (C=O) groups excluding carboxylic acids is 2. The maximum atomic E-state index is 13.7. The first-order valence-electron chi connectivity index (χ1n) is 19.2. The molecule has 0 radical (unpaired) electrons. The highest BCUT2D eigenvalue weighted by molar-refractivity contribution is 6.31. The number of nitrogens with zero attached hydrogens (tertiary/aromatic N) is 4. The summed E-state index contributed by atoms with van der Waals surface area (Å²) in [6, 6.07) is 8.01. The van der Waals surface area contributed by atoms with E-state index in [4.69, 9.17) is 25.8 Å². The van der Waals surface area contributed by atoms with Gasteiger partial charge in [0.05, 0.1) is 37.3 Å². The van der Waals surface area contributed by atoms with E-state index in [0.717, 1.165) is 38.9 Å². The van der Waals surface area contributed by atoms with E-state index in [1.807, 2.05) is 11.0 Å². The number of hydrogen-bond acceptors (Lipinski definition) is 9. The van der Waals surface area contributed by atoms with Crippen molar-refractivity contribution in [2.75, 3.05) is 58.4 Å². The molecule has 52 heavy (non-hydrogen) atoms. The lowest BCUT2D eigenvalue weighted by atomic mass is 10.1. The van der Waals surface area contributed by atoms with Gasteiger partial charge in [-0.25, -0.2) is 14.4 Å². The maximum Gasteiger partial charge on any atom is 0.306 e. The van der Waals surface area contributed by atoms with Crippen LogP contribution in [0, 0.1) is 5.82 Å². The number of nitrogens with one attached hydrogen (secondary N) is 1. The summed E-state index contributed by atoms with van der Waals surface area (Å²) in [5, 5.41) is 3.91. The third-order valence-corrected chi connectivity index (χ3v) is 9.80. The summed E-state index contributed by atoms with van der Waals surface area (Å²) in [5.41, 5.74) is 1.25. The van der Waals surface area contributed by atoms with Gasteiger partial charge < -0.3 is 24.4 Å². The molecule has 0 bridgehead atoms. The van der Waals surface area contributed by atoms with E-state index in [9.17, 15) is 14.0 Å². The van der Waals surface area contributed by atoms with Crippen LogP contribution in [0.25, 0.3) is 10.9 Å². The normalized spacial score (nSPS) is 13.3. The van der Waals surface area contributed by atoms with Gasteiger partial charge in [0.2, 0.25) is 5.91 Å². The highest BCUT2D eigenvalue weighted by atomic mass is 35.5. The number of ether oxygens (including phenoxy) is 3. The molecule has 0 unspecified atom stereocenters. The number of piperazine rings is 1. The van der Waals surface area contributed by atoms with E-state index >= 15 is 0 Å². The van der Waals surface area contributed by atoms with Crippen molar-refractivity contribution in [1.29, 1.82) is 0 Å². The number of aromatic nitrogens is 2. The van der Waals surface area contributed by atoms with Gasteiger partial charge in [-0.1, -0.05) is 89.2 Å². The summed E-state index contributed by atoms with van der Waals surface area (Å²) >= 11 is 5.96. The Balaban J connectivity index is 1.07. The molecule has 1 amide bonds. The van der Waals surface area contributed by atoms with Crippen LogP contribution < -0.4 is 14.8 Å². The van der Waals surface area contributed by atoms with Gasteiger partial charge in [-0.2, -0.15) is 0 Å². The lowest BCUT2D eigenvalue weighted by molar-refractivity contribution is -0.146. The number of benzene rings is 2. The van der Waals surface area contributed by atoms with Gasteiger partial charge in [-0.3, -0.25) is 14.5 Å². The highest BCUT2D eigenvalue weighted by Gasteiger charge is 2.22. The summed E-state index contributed by atoms with van der Waals surface area (Å²) in [6.07, 6.45) is 17.8. The predicted molar refractivity (Wildman–Crippen MR) is 205 cm³/mol. The second-order valence-corrected chi connectivity index (χ2v) is 13.9. The fraction of sp³-hybridized carbons (Fsp3) is 0.600. The second kappa shape index (κ2) is 23.1. The monoisotopic (exact) mass is 741 g/mol. The van der Waals surface area contributed by atoms with Crippen LogP contribution in [0.2, 0.25) is 5.02 Å². The minimum Gasteiger partial charge on any atom is -0.493 e. The number of esters is 1. The van der Waals surface area contributed by atoms with Crippen LogP contribution in [-0.4, -0.2) is 84.7 Å². The first-order valence-corrected chi connectivity index (χ1v) is 19.6. The average Bonchev–Trinajstić information content (AvgIpc) is 3.15. The molecule has 10 nitrogen and oxygen atoms in total. The Kier molecular flexibility index (Phi) is 18.2. The molecule has 12 heteroatoms. The molecule has 0 spiro atoms. The van der Waals surface area contributed by atoms with E-state index in [-0.39, 0.29) is 29.7 Å². The van der Waals surface area contributed by atoms with Gasteiger partial charge >= 0.3 is 5.97 Å². The van der Waals surface area contributed by atoms with Crippen molar-refractivity contribution in [3.8, 4) is 11.5 Å². The largest absolute Gasteiger partial charge is 0.493 e. The van der Waals surface area contributed by atoms with Crippen LogP contribution in [0.15, 0.2) is 36.7 Å². The summed E-state index contributed by atoms with van der Waals surface area (Å²) in [5.74, 6) is 0.879. The summed E-state index contributed by atoms with van der Waals surface area (Å²) in [6.45, 7) is 6.81. The SMILES string of the molecule is CCCCCCCCCCCCCCOC(=O)CCC(=O)N1CCN(CCCOc2cc3c(Nc4ccc(F)c(Cl)c4)ncnc3cc2OC)CC1. The van der Waals surface area contributed by atoms with Gasteiger partial charge in [0, 0.05) is 56.3 Å². The standard InChI is InChI=1S/C40H57ClFN5O5/c1-3-4-5-6-7-8-9-10-11-12-13-14-25-52-39(49)19-18-38(48)47-23-21-46(22-24-47)20-15-26-51-37-28-32-35(29-36(37)50-2)43-30-44-40(32)45-31-16-17-34(42)33(41)27-31/h16-17,27-30H,3-15,18-26H2,1-2H3,(H,43,44,45). The van der Waals surface area contributed by atoms with Crippen LogP contribution in [0.4, 0.5) is 15.9 Å². The second-order valence-electron chi connectivity index (χ2n) is 13.5. The predicted octanol–water partition coefficient (Wildman–Crippen LogP) is 9.11.